The van der Waals surface area contributed by atoms with Crippen LogP contribution in [0.15, 0.2) is 46.6 Å². The van der Waals surface area contributed by atoms with Crippen LogP contribution in [0, 0.1) is 0 Å². The molecular weight excluding hydrogens is 358 g/mol. The van der Waals surface area contributed by atoms with Gasteiger partial charge >= 0.3 is 6.03 Å². The van der Waals surface area contributed by atoms with Gasteiger partial charge in [-0.15, -0.1) is 0 Å². The van der Waals surface area contributed by atoms with Crippen molar-refractivity contribution in [3.63, 3.8) is 0 Å². The summed E-state index contributed by atoms with van der Waals surface area (Å²) in [7, 11) is 3.99. The van der Waals surface area contributed by atoms with E-state index in [4.69, 9.17) is 0 Å². The van der Waals surface area contributed by atoms with E-state index >= 15 is 0 Å². The van der Waals surface area contributed by atoms with Gasteiger partial charge in [-0.2, -0.15) is 0 Å². The Balaban J connectivity index is 3.97. The number of nitrogens with one attached hydrogen (secondary N) is 2. The van der Waals surface area contributed by atoms with Gasteiger partial charge in [0.05, 0.1) is 0 Å². The molecule has 0 aromatic heterocycles. The number of carbonyl (C=O) groups is 1. The predicted molar refractivity (Wildman–Crippen MR) is 128 cm³/mol. The average molecular weight is 404 g/mol. The molecule has 166 valence electrons. The van der Waals surface area contributed by atoms with E-state index in [9.17, 15) is 4.79 Å². The van der Waals surface area contributed by atoms with E-state index in [0.29, 0.717) is 13.1 Å². The van der Waals surface area contributed by atoms with E-state index in [1.807, 2.05) is 19.0 Å². The molecule has 0 spiro atoms. The van der Waals surface area contributed by atoms with E-state index in [1.165, 1.54) is 28.7 Å². The van der Waals surface area contributed by atoms with E-state index in [1.54, 1.807) is 0 Å². The van der Waals surface area contributed by atoms with Crippen molar-refractivity contribution in [3.05, 3.63) is 46.6 Å². The first-order valence-electron chi connectivity index (χ1n) is 11.0. The highest BCUT2D eigenvalue weighted by molar-refractivity contribution is 5.73. The minimum absolute atomic E-state index is 0.101. The number of carbonyl (C=O) groups excluding carboxylic acids is 1. The molecule has 2 amide bonds. The highest BCUT2D eigenvalue weighted by Crippen LogP contribution is 2.13. The summed E-state index contributed by atoms with van der Waals surface area (Å²) < 4.78 is 0. The van der Waals surface area contributed by atoms with Crippen LogP contribution in [-0.2, 0) is 0 Å². The molecule has 0 heterocycles. The molecule has 0 rings (SSSR count). The quantitative estimate of drug-likeness (QED) is 0.350. The second kappa shape index (κ2) is 17.1. The van der Waals surface area contributed by atoms with Crippen LogP contribution < -0.4 is 10.6 Å². The van der Waals surface area contributed by atoms with Gasteiger partial charge in [-0.3, -0.25) is 0 Å². The summed E-state index contributed by atoms with van der Waals surface area (Å²) in [5.74, 6) is 0. The normalized spacial score (nSPS) is 12.9. The minimum Gasteiger partial charge on any atom is -0.337 e. The first-order valence-corrected chi connectivity index (χ1v) is 11.0. The monoisotopic (exact) mass is 403 g/mol. The molecule has 2 N–H and O–H groups in total. The summed E-state index contributed by atoms with van der Waals surface area (Å²) in [6, 6.07) is -0.101. The van der Waals surface area contributed by atoms with Crippen molar-refractivity contribution in [1.82, 2.24) is 15.5 Å². The highest BCUT2D eigenvalue weighted by atomic mass is 16.2. The van der Waals surface area contributed by atoms with Crippen LogP contribution in [0.5, 0.6) is 0 Å². The molecule has 4 nitrogen and oxygen atoms in total. The number of likely N-dealkylation sites (N-methyl/N-ethyl adjacent to an activating group) is 1. The lowest BCUT2D eigenvalue weighted by Crippen LogP contribution is -2.39. The molecule has 0 aromatic rings. The number of hydrogen-bond acceptors (Lipinski definition) is 2. The maximum Gasteiger partial charge on any atom is 0.315 e. The van der Waals surface area contributed by atoms with Crippen molar-refractivity contribution in [2.45, 2.75) is 73.1 Å². The Kier molecular flexibility index (Phi) is 16.0. The van der Waals surface area contributed by atoms with Gasteiger partial charge in [0.1, 0.15) is 0 Å². The first-order chi connectivity index (χ1) is 13.7. The molecule has 0 aliphatic rings. The summed E-state index contributed by atoms with van der Waals surface area (Å²) in [5, 5.41) is 5.73. The van der Waals surface area contributed by atoms with Gasteiger partial charge in [-0.1, -0.05) is 46.6 Å². The van der Waals surface area contributed by atoms with Crippen molar-refractivity contribution in [3.8, 4) is 0 Å². The first kappa shape index (κ1) is 27.2. The van der Waals surface area contributed by atoms with Gasteiger partial charge in [0, 0.05) is 19.6 Å². The van der Waals surface area contributed by atoms with Crippen molar-refractivity contribution in [1.29, 1.82) is 0 Å². The van der Waals surface area contributed by atoms with Crippen LogP contribution in [0.3, 0.4) is 0 Å². The van der Waals surface area contributed by atoms with Gasteiger partial charge in [-0.25, -0.2) is 4.79 Å². The van der Waals surface area contributed by atoms with Crippen molar-refractivity contribution >= 4 is 6.03 Å². The number of urea groups is 1. The number of amides is 2. The molecule has 0 aliphatic carbocycles. The second-order valence-electron chi connectivity index (χ2n) is 8.49. The third-order valence-electron chi connectivity index (χ3n) is 4.71. The third-order valence-corrected chi connectivity index (χ3v) is 4.71. The van der Waals surface area contributed by atoms with E-state index in [2.05, 4.69) is 69.6 Å². The summed E-state index contributed by atoms with van der Waals surface area (Å²) in [6.45, 7) is 13.0. The van der Waals surface area contributed by atoms with E-state index in [-0.39, 0.29) is 6.03 Å². The zero-order chi connectivity index (χ0) is 22.1. The lowest BCUT2D eigenvalue weighted by molar-refractivity contribution is 0.240. The van der Waals surface area contributed by atoms with Crippen LogP contribution in [0.4, 0.5) is 4.79 Å². The third kappa shape index (κ3) is 19.3. The summed E-state index contributed by atoms with van der Waals surface area (Å²) >= 11 is 0. The maximum atomic E-state index is 11.7. The fourth-order valence-corrected chi connectivity index (χ4v) is 2.76. The van der Waals surface area contributed by atoms with E-state index in [0.717, 1.165) is 38.6 Å². The summed E-state index contributed by atoms with van der Waals surface area (Å²) in [6.07, 6.45) is 15.8. The largest absolute Gasteiger partial charge is 0.337 e. The number of rotatable bonds is 14. The zero-order valence-electron chi connectivity index (χ0n) is 20.0. The Morgan fingerprint density at radius 2 is 1.21 bits per heavy atom. The van der Waals surface area contributed by atoms with Crippen LogP contribution in [0.1, 0.15) is 73.1 Å². The van der Waals surface area contributed by atoms with Crippen molar-refractivity contribution < 1.29 is 4.79 Å². The second-order valence-corrected chi connectivity index (χ2v) is 8.49. The van der Waals surface area contributed by atoms with Crippen LogP contribution in [0.2, 0.25) is 0 Å². The molecule has 0 aromatic carbocycles. The molecule has 0 bridgehead atoms. The highest BCUT2D eigenvalue weighted by Gasteiger charge is 1.98. The summed E-state index contributed by atoms with van der Waals surface area (Å²) in [4.78, 5) is 13.7. The average Bonchev–Trinajstić information content (AvgIpc) is 2.61. The van der Waals surface area contributed by atoms with Crippen LogP contribution in [-0.4, -0.2) is 44.7 Å². The Hall–Kier alpha value is -1.81. The molecule has 0 aliphatic heterocycles. The molecular formula is C25H45N3O. The smallest absolute Gasteiger partial charge is 0.315 e. The Labute approximate surface area is 180 Å². The van der Waals surface area contributed by atoms with Gasteiger partial charge in [0.25, 0.3) is 0 Å². The lowest BCUT2D eigenvalue weighted by atomic mass is 10.0. The molecule has 0 unspecified atom stereocenters. The van der Waals surface area contributed by atoms with Crippen molar-refractivity contribution in [2.75, 3.05) is 33.7 Å². The fraction of sp³-hybridized carbons (Fsp3) is 0.640. The Bertz CT molecular complexity index is 579. The zero-order valence-corrected chi connectivity index (χ0v) is 20.0. The predicted octanol–water partition coefficient (Wildman–Crippen LogP) is 5.99. The van der Waals surface area contributed by atoms with E-state index < -0.39 is 0 Å². The lowest BCUT2D eigenvalue weighted by Gasteiger charge is -2.10. The number of nitrogens with zero attached hydrogens (tertiary/aromatic N) is 1. The standard InChI is InChI=1S/C25H45N3O/c1-21(2)11-8-12-22(3)13-9-14-23(4)15-10-16-24(5)17-18-26-25(29)27-19-20-28(6)7/h11,13,15,17H,8-10,12,14,16,18-20H2,1-7H3,(H2,26,27,29). The number of hydrogen-bond donors (Lipinski definition) is 2. The fourth-order valence-electron chi connectivity index (χ4n) is 2.76. The van der Waals surface area contributed by atoms with Gasteiger partial charge < -0.3 is 15.5 Å². The number of allylic oxidation sites excluding steroid dienone is 7. The van der Waals surface area contributed by atoms with Crippen molar-refractivity contribution in [2.24, 2.45) is 0 Å². The molecule has 0 fully saturated rings. The Morgan fingerprint density at radius 3 is 1.69 bits per heavy atom. The topological polar surface area (TPSA) is 44.4 Å². The van der Waals surface area contributed by atoms with Gasteiger partial charge in [0.2, 0.25) is 0 Å². The maximum absolute atomic E-state index is 11.7. The summed E-state index contributed by atoms with van der Waals surface area (Å²) in [5.41, 5.74) is 5.68. The van der Waals surface area contributed by atoms with Gasteiger partial charge in [0.15, 0.2) is 0 Å². The Morgan fingerprint density at radius 1 is 0.724 bits per heavy atom. The molecule has 29 heavy (non-hydrogen) atoms. The molecule has 0 saturated heterocycles. The molecule has 0 saturated carbocycles. The molecule has 0 radical (unpaired) electrons. The molecule has 0 atom stereocenters. The van der Waals surface area contributed by atoms with Gasteiger partial charge in [-0.05, 0) is 87.2 Å². The molecule has 4 heteroatoms. The van der Waals surface area contributed by atoms with Crippen LogP contribution >= 0.6 is 0 Å². The SMILES string of the molecule is CC(C)=CCCC(C)=CCCC(C)=CCCC(C)=CCNC(=O)NCCN(C)C. The van der Waals surface area contributed by atoms with Crippen LogP contribution in [0.25, 0.3) is 0 Å². The minimum atomic E-state index is -0.101.